The maximum absolute atomic E-state index is 12.4. The number of likely N-dealkylation sites (tertiary alicyclic amines) is 1. The molecule has 0 bridgehead atoms. The normalized spacial score (nSPS) is 19.3. The Balaban J connectivity index is 1.74. The Morgan fingerprint density at radius 1 is 1.27 bits per heavy atom. The topological polar surface area (TPSA) is 41.6 Å². The lowest BCUT2D eigenvalue weighted by Gasteiger charge is -2.35. The third kappa shape index (κ3) is 6.01. The summed E-state index contributed by atoms with van der Waals surface area (Å²) in [6.45, 7) is 11.4. The number of piperidine rings is 1. The van der Waals surface area contributed by atoms with Gasteiger partial charge >= 0.3 is 0 Å². The van der Waals surface area contributed by atoms with Gasteiger partial charge in [0.05, 0.1) is 0 Å². The van der Waals surface area contributed by atoms with Crippen LogP contribution in [0.5, 0.6) is 5.75 Å². The fraction of sp³-hybridized carbons (Fsp3) is 0.682. The van der Waals surface area contributed by atoms with Crippen molar-refractivity contribution in [3.63, 3.8) is 0 Å². The minimum absolute atomic E-state index is 0.0331. The molecular weight excluding hydrogens is 324 g/mol. The Kier molecular flexibility index (Phi) is 8.43. The Morgan fingerprint density at radius 3 is 2.77 bits per heavy atom. The van der Waals surface area contributed by atoms with Gasteiger partial charge in [0, 0.05) is 19.1 Å². The van der Waals surface area contributed by atoms with E-state index < -0.39 is 6.10 Å². The number of hydrogen-bond acceptors (Lipinski definition) is 3. The first-order valence-corrected chi connectivity index (χ1v) is 10.3. The zero-order chi connectivity index (χ0) is 18.9. The van der Waals surface area contributed by atoms with Crippen molar-refractivity contribution < 1.29 is 9.53 Å². The molecule has 1 N–H and O–H groups in total. The predicted molar refractivity (Wildman–Crippen MR) is 108 cm³/mol. The van der Waals surface area contributed by atoms with Gasteiger partial charge in [-0.05, 0) is 56.7 Å². The van der Waals surface area contributed by atoms with Crippen molar-refractivity contribution in [1.29, 1.82) is 0 Å². The third-order valence-electron chi connectivity index (χ3n) is 5.36. The van der Waals surface area contributed by atoms with Crippen molar-refractivity contribution in [3.8, 4) is 5.75 Å². The first-order chi connectivity index (χ1) is 12.5. The quantitative estimate of drug-likeness (QED) is 0.666. The van der Waals surface area contributed by atoms with E-state index in [9.17, 15) is 4.79 Å². The van der Waals surface area contributed by atoms with Crippen LogP contribution in [-0.2, 0) is 4.79 Å². The van der Waals surface area contributed by atoms with Gasteiger partial charge in [0.1, 0.15) is 5.75 Å². The zero-order valence-corrected chi connectivity index (χ0v) is 17.0. The Labute approximate surface area is 159 Å². The predicted octanol–water partition coefficient (Wildman–Crippen LogP) is 4.35. The minimum Gasteiger partial charge on any atom is -0.481 e. The monoisotopic (exact) mass is 360 g/mol. The second kappa shape index (κ2) is 10.6. The van der Waals surface area contributed by atoms with E-state index >= 15 is 0 Å². The summed E-state index contributed by atoms with van der Waals surface area (Å²) in [5.74, 6) is 1.15. The van der Waals surface area contributed by atoms with Crippen molar-refractivity contribution in [2.45, 2.75) is 77.9 Å². The fourth-order valence-electron chi connectivity index (χ4n) is 3.76. The van der Waals surface area contributed by atoms with Crippen LogP contribution in [0.3, 0.4) is 0 Å². The molecule has 0 spiro atoms. The Morgan fingerprint density at radius 2 is 2.04 bits per heavy atom. The van der Waals surface area contributed by atoms with E-state index in [1.165, 1.54) is 32.2 Å². The SMILES string of the molecule is CC[C@H]1CCCCN1CCCNC(=O)[C@H](C)Oc1ccccc1C(C)C. The van der Waals surface area contributed by atoms with Gasteiger partial charge in [-0.2, -0.15) is 0 Å². The zero-order valence-electron chi connectivity index (χ0n) is 17.0. The molecule has 1 aromatic rings. The summed E-state index contributed by atoms with van der Waals surface area (Å²) >= 11 is 0. The number of benzene rings is 1. The van der Waals surface area contributed by atoms with Crippen LogP contribution in [0.25, 0.3) is 0 Å². The summed E-state index contributed by atoms with van der Waals surface area (Å²) in [6, 6.07) is 8.70. The molecule has 0 aliphatic carbocycles. The molecular formula is C22H36N2O2. The number of para-hydroxylation sites is 1. The summed E-state index contributed by atoms with van der Waals surface area (Å²) in [6.07, 6.45) is 5.74. The van der Waals surface area contributed by atoms with Gasteiger partial charge in [-0.3, -0.25) is 4.79 Å². The van der Waals surface area contributed by atoms with Crippen molar-refractivity contribution in [3.05, 3.63) is 29.8 Å². The van der Waals surface area contributed by atoms with E-state index in [4.69, 9.17) is 4.74 Å². The first-order valence-electron chi connectivity index (χ1n) is 10.3. The molecule has 1 fully saturated rings. The molecule has 0 unspecified atom stereocenters. The van der Waals surface area contributed by atoms with E-state index in [1.807, 2.05) is 25.1 Å². The average Bonchev–Trinajstić information content (AvgIpc) is 2.65. The van der Waals surface area contributed by atoms with Crippen molar-refractivity contribution in [2.75, 3.05) is 19.6 Å². The van der Waals surface area contributed by atoms with Crippen LogP contribution in [0.1, 0.15) is 71.3 Å². The molecule has 1 aliphatic heterocycles. The van der Waals surface area contributed by atoms with Crippen LogP contribution in [0.15, 0.2) is 24.3 Å². The number of nitrogens with one attached hydrogen (secondary N) is 1. The number of ether oxygens (including phenoxy) is 1. The third-order valence-corrected chi connectivity index (χ3v) is 5.36. The second-order valence-corrected chi connectivity index (χ2v) is 7.69. The maximum atomic E-state index is 12.4. The molecule has 2 rings (SSSR count). The van der Waals surface area contributed by atoms with Gasteiger partial charge in [-0.25, -0.2) is 0 Å². The number of rotatable bonds is 9. The van der Waals surface area contributed by atoms with E-state index in [0.717, 1.165) is 30.3 Å². The fourth-order valence-corrected chi connectivity index (χ4v) is 3.76. The molecule has 2 atom stereocenters. The lowest BCUT2D eigenvalue weighted by Crippen LogP contribution is -2.41. The van der Waals surface area contributed by atoms with Gasteiger partial charge in [-0.1, -0.05) is 45.4 Å². The highest BCUT2D eigenvalue weighted by Crippen LogP contribution is 2.26. The number of nitrogens with zero attached hydrogens (tertiary/aromatic N) is 1. The smallest absolute Gasteiger partial charge is 0.260 e. The molecule has 0 aromatic heterocycles. The van der Waals surface area contributed by atoms with Gasteiger partial charge in [0.2, 0.25) is 0 Å². The van der Waals surface area contributed by atoms with Crippen LogP contribution in [-0.4, -0.2) is 42.6 Å². The summed E-state index contributed by atoms with van der Waals surface area (Å²) in [4.78, 5) is 14.9. The standard InChI is InChI=1S/C22H36N2O2/c1-5-19-11-8-9-15-24(19)16-10-14-23-22(25)18(4)26-21-13-7-6-12-20(21)17(2)3/h6-7,12-13,17-19H,5,8-11,14-16H2,1-4H3,(H,23,25)/t18-,19-/m0/s1. The first kappa shape index (κ1) is 20.8. The van der Waals surface area contributed by atoms with Gasteiger partial charge in [-0.15, -0.1) is 0 Å². The van der Waals surface area contributed by atoms with E-state index in [2.05, 4.69) is 37.1 Å². The van der Waals surface area contributed by atoms with Crippen LogP contribution in [0, 0.1) is 0 Å². The highest BCUT2D eigenvalue weighted by Gasteiger charge is 2.20. The molecule has 1 aromatic carbocycles. The summed E-state index contributed by atoms with van der Waals surface area (Å²) in [7, 11) is 0. The van der Waals surface area contributed by atoms with Crippen molar-refractivity contribution in [2.24, 2.45) is 0 Å². The molecule has 26 heavy (non-hydrogen) atoms. The van der Waals surface area contributed by atoms with Crippen molar-refractivity contribution in [1.82, 2.24) is 10.2 Å². The second-order valence-electron chi connectivity index (χ2n) is 7.69. The van der Waals surface area contributed by atoms with E-state index in [0.29, 0.717) is 12.5 Å². The number of carbonyl (C=O) groups is 1. The summed E-state index contributed by atoms with van der Waals surface area (Å²) < 4.78 is 5.93. The number of amides is 1. The molecule has 1 heterocycles. The molecule has 1 saturated heterocycles. The maximum Gasteiger partial charge on any atom is 0.260 e. The van der Waals surface area contributed by atoms with Gasteiger partial charge in [0.15, 0.2) is 6.10 Å². The highest BCUT2D eigenvalue weighted by molar-refractivity contribution is 5.80. The Bertz CT molecular complexity index is 559. The summed E-state index contributed by atoms with van der Waals surface area (Å²) in [5.41, 5.74) is 1.14. The Hall–Kier alpha value is -1.55. The molecule has 4 heteroatoms. The molecule has 0 saturated carbocycles. The van der Waals surface area contributed by atoms with E-state index in [1.54, 1.807) is 0 Å². The van der Waals surface area contributed by atoms with Gasteiger partial charge < -0.3 is 15.0 Å². The number of hydrogen-bond donors (Lipinski definition) is 1. The molecule has 1 amide bonds. The lowest BCUT2D eigenvalue weighted by atomic mass is 10.00. The molecule has 1 aliphatic rings. The van der Waals surface area contributed by atoms with Crippen LogP contribution in [0.2, 0.25) is 0 Å². The molecule has 146 valence electrons. The minimum atomic E-state index is -0.478. The molecule has 0 radical (unpaired) electrons. The van der Waals surface area contributed by atoms with Crippen LogP contribution >= 0.6 is 0 Å². The highest BCUT2D eigenvalue weighted by atomic mass is 16.5. The van der Waals surface area contributed by atoms with Crippen LogP contribution in [0.4, 0.5) is 0 Å². The lowest BCUT2D eigenvalue weighted by molar-refractivity contribution is -0.127. The van der Waals surface area contributed by atoms with E-state index in [-0.39, 0.29) is 5.91 Å². The average molecular weight is 361 g/mol. The number of carbonyl (C=O) groups excluding carboxylic acids is 1. The molecule has 4 nitrogen and oxygen atoms in total. The van der Waals surface area contributed by atoms with Crippen molar-refractivity contribution >= 4 is 5.91 Å². The van der Waals surface area contributed by atoms with Gasteiger partial charge in [0.25, 0.3) is 5.91 Å². The summed E-state index contributed by atoms with van der Waals surface area (Å²) in [5, 5.41) is 3.03. The van der Waals surface area contributed by atoms with Crippen LogP contribution < -0.4 is 10.1 Å². The largest absolute Gasteiger partial charge is 0.481 e.